The fraction of sp³-hybridized carbons (Fsp3) is 0.0625. The molecule has 2 aromatic rings. The Labute approximate surface area is 111 Å². The minimum Gasteiger partial charge on any atom is -0.320 e. The van der Waals surface area contributed by atoms with Crippen molar-refractivity contribution in [2.24, 2.45) is 0 Å². The highest BCUT2D eigenvalue weighted by Crippen LogP contribution is 2.12. The van der Waals surface area contributed by atoms with E-state index in [1.807, 2.05) is 31.2 Å². The van der Waals surface area contributed by atoms with E-state index in [1.165, 1.54) is 18.2 Å². The SMILES string of the molecule is Cc1ccc(/C=C/C(=O)Nc2ccccc2F)cc1. The highest BCUT2D eigenvalue weighted by atomic mass is 19.1. The number of anilines is 1. The second kappa shape index (κ2) is 5.96. The fourth-order valence-corrected chi connectivity index (χ4v) is 1.59. The Bertz CT molecular complexity index is 602. The van der Waals surface area contributed by atoms with Gasteiger partial charge in [-0.3, -0.25) is 4.79 Å². The number of hydrogen-bond acceptors (Lipinski definition) is 1. The van der Waals surface area contributed by atoms with E-state index in [0.29, 0.717) is 0 Å². The minimum atomic E-state index is -0.445. The van der Waals surface area contributed by atoms with E-state index in [9.17, 15) is 9.18 Å². The Morgan fingerprint density at radius 1 is 1.11 bits per heavy atom. The maximum Gasteiger partial charge on any atom is 0.248 e. The van der Waals surface area contributed by atoms with E-state index in [0.717, 1.165) is 11.1 Å². The van der Waals surface area contributed by atoms with Crippen LogP contribution >= 0.6 is 0 Å². The largest absolute Gasteiger partial charge is 0.320 e. The van der Waals surface area contributed by atoms with Crippen LogP contribution in [0.5, 0.6) is 0 Å². The van der Waals surface area contributed by atoms with Gasteiger partial charge >= 0.3 is 0 Å². The maximum atomic E-state index is 13.3. The summed E-state index contributed by atoms with van der Waals surface area (Å²) in [6, 6.07) is 13.8. The summed E-state index contributed by atoms with van der Waals surface area (Å²) in [4.78, 5) is 11.6. The number of halogens is 1. The van der Waals surface area contributed by atoms with Crippen LogP contribution in [0, 0.1) is 12.7 Å². The number of carbonyl (C=O) groups excluding carboxylic acids is 1. The van der Waals surface area contributed by atoms with Crippen LogP contribution in [0.4, 0.5) is 10.1 Å². The van der Waals surface area contributed by atoms with Crippen LogP contribution in [-0.4, -0.2) is 5.91 Å². The first-order valence-electron chi connectivity index (χ1n) is 5.95. The smallest absolute Gasteiger partial charge is 0.248 e. The van der Waals surface area contributed by atoms with Gasteiger partial charge in [0.05, 0.1) is 5.69 Å². The van der Waals surface area contributed by atoms with Crippen molar-refractivity contribution in [2.75, 3.05) is 5.32 Å². The summed E-state index contributed by atoms with van der Waals surface area (Å²) in [6.45, 7) is 2.00. The summed E-state index contributed by atoms with van der Waals surface area (Å²) in [5.74, 6) is -0.801. The lowest BCUT2D eigenvalue weighted by Crippen LogP contribution is -2.08. The van der Waals surface area contributed by atoms with Gasteiger partial charge < -0.3 is 5.32 Å². The van der Waals surface area contributed by atoms with Crippen LogP contribution in [0.15, 0.2) is 54.6 Å². The van der Waals surface area contributed by atoms with Crippen LogP contribution in [-0.2, 0) is 4.79 Å². The van der Waals surface area contributed by atoms with Gasteiger partial charge in [-0.2, -0.15) is 0 Å². The number of benzene rings is 2. The Morgan fingerprint density at radius 3 is 2.47 bits per heavy atom. The highest BCUT2D eigenvalue weighted by Gasteiger charge is 2.02. The summed E-state index contributed by atoms with van der Waals surface area (Å²) < 4.78 is 13.3. The van der Waals surface area contributed by atoms with Crippen LogP contribution in [0.3, 0.4) is 0 Å². The molecule has 1 N–H and O–H groups in total. The maximum absolute atomic E-state index is 13.3. The standard InChI is InChI=1S/C16H14FNO/c1-12-6-8-13(9-7-12)10-11-16(19)18-15-5-3-2-4-14(15)17/h2-11H,1H3,(H,18,19)/b11-10+. The molecule has 0 fully saturated rings. The normalized spacial score (nSPS) is 10.6. The van der Waals surface area contributed by atoms with Crippen molar-refractivity contribution in [1.29, 1.82) is 0 Å². The molecule has 2 rings (SSSR count). The number of aryl methyl sites for hydroxylation is 1. The predicted molar refractivity (Wildman–Crippen MR) is 75.2 cm³/mol. The first-order valence-corrected chi connectivity index (χ1v) is 5.95. The van der Waals surface area contributed by atoms with Gasteiger partial charge in [-0.05, 0) is 30.7 Å². The fourth-order valence-electron chi connectivity index (χ4n) is 1.59. The number of amides is 1. The molecule has 2 nitrogen and oxygen atoms in total. The predicted octanol–water partition coefficient (Wildman–Crippen LogP) is 3.79. The molecule has 0 aliphatic heterocycles. The molecule has 0 unspecified atom stereocenters. The van der Waals surface area contributed by atoms with E-state index in [2.05, 4.69) is 5.32 Å². The number of hydrogen-bond donors (Lipinski definition) is 1. The molecule has 0 aliphatic carbocycles. The average molecular weight is 255 g/mol. The minimum absolute atomic E-state index is 0.182. The second-order valence-electron chi connectivity index (χ2n) is 4.21. The second-order valence-corrected chi connectivity index (χ2v) is 4.21. The first-order chi connectivity index (χ1) is 9.15. The zero-order valence-electron chi connectivity index (χ0n) is 10.6. The first kappa shape index (κ1) is 13.0. The Hall–Kier alpha value is -2.42. The third kappa shape index (κ3) is 3.78. The number of nitrogens with one attached hydrogen (secondary N) is 1. The number of para-hydroxylation sites is 1. The summed E-state index contributed by atoms with van der Waals surface area (Å²) in [7, 11) is 0. The molecule has 0 saturated carbocycles. The quantitative estimate of drug-likeness (QED) is 0.831. The van der Waals surface area contributed by atoms with Crippen molar-refractivity contribution in [3.05, 3.63) is 71.6 Å². The molecule has 0 radical (unpaired) electrons. The van der Waals surface area contributed by atoms with Crippen molar-refractivity contribution < 1.29 is 9.18 Å². The van der Waals surface area contributed by atoms with Gasteiger partial charge in [0, 0.05) is 6.08 Å². The van der Waals surface area contributed by atoms with Gasteiger partial charge in [0.1, 0.15) is 5.82 Å². The van der Waals surface area contributed by atoms with Gasteiger partial charge in [0.2, 0.25) is 5.91 Å². The van der Waals surface area contributed by atoms with E-state index >= 15 is 0 Å². The number of carbonyl (C=O) groups is 1. The lowest BCUT2D eigenvalue weighted by atomic mass is 10.1. The van der Waals surface area contributed by atoms with Crippen molar-refractivity contribution >= 4 is 17.7 Å². The molecular weight excluding hydrogens is 241 g/mol. The molecule has 0 bridgehead atoms. The Kier molecular flexibility index (Phi) is 4.08. The molecule has 3 heteroatoms. The summed E-state index contributed by atoms with van der Waals surface area (Å²) in [6.07, 6.45) is 3.08. The average Bonchev–Trinajstić information content (AvgIpc) is 2.41. The lowest BCUT2D eigenvalue weighted by Gasteiger charge is -2.02. The Balaban J connectivity index is 2.02. The summed E-state index contributed by atoms with van der Waals surface area (Å²) in [5, 5.41) is 2.49. The van der Waals surface area contributed by atoms with Gasteiger partial charge in [0.15, 0.2) is 0 Å². The van der Waals surface area contributed by atoms with Crippen LogP contribution in [0.1, 0.15) is 11.1 Å². The molecule has 19 heavy (non-hydrogen) atoms. The Morgan fingerprint density at radius 2 is 1.79 bits per heavy atom. The molecule has 0 saturated heterocycles. The van der Waals surface area contributed by atoms with Crippen molar-refractivity contribution in [1.82, 2.24) is 0 Å². The zero-order valence-corrected chi connectivity index (χ0v) is 10.6. The molecule has 0 aromatic heterocycles. The third-order valence-corrected chi connectivity index (χ3v) is 2.64. The molecule has 1 amide bonds. The molecular formula is C16H14FNO. The van der Waals surface area contributed by atoms with E-state index in [1.54, 1.807) is 18.2 Å². The van der Waals surface area contributed by atoms with Gasteiger partial charge in [-0.15, -0.1) is 0 Å². The monoisotopic (exact) mass is 255 g/mol. The van der Waals surface area contributed by atoms with Crippen LogP contribution < -0.4 is 5.32 Å². The third-order valence-electron chi connectivity index (χ3n) is 2.64. The lowest BCUT2D eigenvalue weighted by molar-refractivity contribution is -0.111. The molecule has 96 valence electrons. The summed E-state index contributed by atoms with van der Waals surface area (Å²) in [5.41, 5.74) is 2.27. The van der Waals surface area contributed by atoms with Crippen LogP contribution in [0.25, 0.3) is 6.08 Å². The van der Waals surface area contributed by atoms with E-state index in [4.69, 9.17) is 0 Å². The molecule has 0 spiro atoms. The molecule has 0 atom stereocenters. The topological polar surface area (TPSA) is 29.1 Å². The van der Waals surface area contributed by atoms with E-state index < -0.39 is 5.82 Å². The van der Waals surface area contributed by atoms with Crippen LogP contribution in [0.2, 0.25) is 0 Å². The highest BCUT2D eigenvalue weighted by molar-refractivity contribution is 6.01. The number of rotatable bonds is 3. The van der Waals surface area contributed by atoms with Crippen molar-refractivity contribution in [3.8, 4) is 0 Å². The van der Waals surface area contributed by atoms with Crippen molar-refractivity contribution in [2.45, 2.75) is 6.92 Å². The van der Waals surface area contributed by atoms with E-state index in [-0.39, 0.29) is 11.6 Å². The van der Waals surface area contributed by atoms with Gasteiger partial charge in [-0.1, -0.05) is 42.0 Å². The van der Waals surface area contributed by atoms with Gasteiger partial charge in [-0.25, -0.2) is 4.39 Å². The molecule has 0 aliphatic rings. The zero-order chi connectivity index (χ0) is 13.7. The molecule has 0 heterocycles. The van der Waals surface area contributed by atoms with Crippen molar-refractivity contribution in [3.63, 3.8) is 0 Å². The molecule has 2 aromatic carbocycles. The van der Waals surface area contributed by atoms with Gasteiger partial charge in [0.25, 0.3) is 0 Å². The summed E-state index contributed by atoms with van der Waals surface area (Å²) >= 11 is 0.